The first-order valence-electron chi connectivity index (χ1n) is 7.83. The van der Waals surface area contributed by atoms with Crippen LogP contribution in [-0.4, -0.2) is 12.6 Å². The van der Waals surface area contributed by atoms with E-state index in [0.29, 0.717) is 6.04 Å². The van der Waals surface area contributed by atoms with E-state index in [0.717, 1.165) is 12.3 Å². The SMILES string of the molecule is CC(C)Oc1ccc(C(C)NCCC2=CCCC2)cc1. The average Bonchev–Trinajstić information content (AvgIpc) is 2.92. The monoisotopic (exact) mass is 273 g/mol. The summed E-state index contributed by atoms with van der Waals surface area (Å²) in [4.78, 5) is 0. The average molecular weight is 273 g/mol. The van der Waals surface area contributed by atoms with Crippen LogP contribution in [0.5, 0.6) is 5.75 Å². The van der Waals surface area contributed by atoms with Crippen molar-refractivity contribution in [3.63, 3.8) is 0 Å². The summed E-state index contributed by atoms with van der Waals surface area (Å²) in [5.74, 6) is 0.951. The molecule has 0 spiro atoms. The van der Waals surface area contributed by atoms with Gasteiger partial charge in [0, 0.05) is 6.04 Å². The van der Waals surface area contributed by atoms with Crippen LogP contribution in [0.3, 0.4) is 0 Å². The Morgan fingerprint density at radius 1 is 1.15 bits per heavy atom. The predicted octanol–water partition coefficient (Wildman–Crippen LogP) is 4.62. The number of benzene rings is 1. The van der Waals surface area contributed by atoms with Crippen LogP contribution in [0.1, 0.15) is 58.1 Å². The Morgan fingerprint density at radius 2 is 1.90 bits per heavy atom. The van der Waals surface area contributed by atoms with Gasteiger partial charge in [-0.3, -0.25) is 0 Å². The van der Waals surface area contributed by atoms with Gasteiger partial charge in [-0.1, -0.05) is 23.8 Å². The maximum atomic E-state index is 5.67. The van der Waals surface area contributed by atoms with Gasteiger partial charge in [-0.05, 0) is 70.7 Å². The summed E-state index contributed by atoms with van der Waals surface area (Å²) in [7, 11) is 0. The molecular formula is C18H27NO. The zero-order valence-corrected chi connectivity index (χ0v) is 13.0. The van der Waals surface area contributed by atoms with E-state index in [4.69, 9.17) is 4.74 Å². The number of nitrogens with one attached hydrogen (secondary N) is 1. The molecule has 0 saturated carbocycles. The summed E-state index contributed by atoms with van der Waals surface area (Å²) in [6.07, 6.45) is 7.77. The molecule has 110 valence electrons. The Kier molecular flexibility index (Phi) is 5.66. The largest absolute Gasteiger partial charge is 0.491 e. The van der Waals surface area contributed by atoms with Crippen LogP contribution in [0.25, 0.3) is 0 Å². The summed E-state index contributed by atoms with van der Waals surface area (Å²) in [6.45, 7) is 7.39. The van der Waals surface area contributed by atoms with Crippen molar-refractivity contribution in [1.82, 2.24) is 5.32 Å². The number of allylic oxidation sites excluding steroid dienone is 1. The molecule has 1 aliphatic rings. The summed E-state index contributed by atoms with van der Waals surface area (Å²) < 4.78 is 5.67. The first-order valence-corrected chi connectivity index (χ1v) is 7.83. The van der Waals surface area contributed by atoms with Crippen LogP contribution in [0, 0.1) is 0 Å². The quantitative estimate of drug-likeness (QED) is 0.732. The number of rotatable bonds is 7. The molecule has 1 aromatic rings. The van der Waals surface area contributed by atoms with Crippen LogP contribution in [0.15, 0.2) is 35.9 Å². The molecule has 0 fully saturated rings. The van der Waals surface area contributed by atoms with E-state index in [2.05, 4.69) is 56.4 Å². The highest BCUT2D eigenvalue weighted by atomic mass is 16.5. The van der Waals surface area contributed by atoms with Crippen molar-refractivity contribution in [2.24, 2.45) is 0 Å². The van der Waals surface area contributed by atoms with Crippen LogP contribution in [0.2, 0.25) is 0 Å². The molecule has 2 heteroatoms. The second kappa shape index (κ2) is 7.49. The van der Waals surface area contributed by atoms with Gasteiger partial charge in [0.25, 0.3) is 0 Å². The van der Waals surface area contributed by atoms with Crippen LogP contribution < -0.4 is 10.1 Å². The molecule has 20 heavy (non-hydrogen) atoms. The van der Waals surface area contributed by atoms with Gasteiger partial charge < -0.3 is 10.1 Å². The minimum absolute atomic E-state index is 0.232. The normalized spacial score (nSPS) is 16.3. The minimum Gasteiger partial charge on any atom is -0.491 e. The molecule has 2 nitrogen and oxygen atoms in total. The van der Waals surface area contributed by atoms with Crippen molar-refractivity contribution in [3.8, 4) is 5.75 Å². The molecule has 0 heterocycles. The van der Waals surface area contributed by atoms with E-state index < -0.39 is 0 Å². The van der Waals surface area contributed by atoms with E-state index in [-0.39, 0.29) is 6.10 Å². The van der Waals surface area contributed by atoms with E-state index in [9.17, 15) is 0 Å². The second-order valence-electron chi connectivity index (χ2n) is 5.92. The molecule has 1 aliphatic carbocycles. The Hall–Kier alpha value is -1.28. The number of hydrogen-bond acceptors (Lipinski definition) is 2. The first kappa shape index (κ1) is 15.1. The lowest BCUT2D eigenvalue weighted by molar-refractivity contribution is 0.242. The summed E-state index contributed by atoms with van der Waals surface area (Å²) in [5, 5.41) is 3.60. The fourth-order valence-corrected chi connectivity index (χ4v) is 2.64. The van der Waals surface area contributed by atoms with Crippen molar-refractivity contribution in [1.29, 1.82) is 0 Å². The third-order valence-corrected chi connectivity index (χ3v) is 3.78. The molecule has 1 unspecified atom stereocenters. The lowest BCUT2D eigenvalue weighted by Crippen LogP contribution is -2.20. The molecule has 0 saturated heterocycles. The number of hydrogen-bond donors (Lipinski definition) is 1. The van der Waals surface area contributed by atoms with Crippen molar-refractivity contribution < 1.29 is 4.74 Å². The summed E-state index contributed by atoms with van der Waals surface area (Å²) in [5.41, 5.74) is 2.95. The lowest BCUT2D eigenvalue weighted by Gasteiger charge is -2.16. The zero-order valence-electron chi connectivity index (χ0n) is 13.0. The van der Waals surface area contributed by atoms with Gasteiger partial charge in [-0.2, -0.15) is 0 Å². The van der Waals surface area contributed by atoms with Gasteiger partial charge in [0.2, 0.25) is 0 Å². The highest BCUT2D eigenvalue weighted by Gasteiger charge is 2.07. The molecule has 2 rings (SSSR count). The Morgan fingerprint density at radius 3 is 2.50 bits per heavy atom. The van der Waals surface area contributed by atoms with Gasteiger partial charge in [-0.15, -0.1) is 0 Å². The number of ether oxygens (including phenoxy) is 1. The van der Waals surface area contributed by atoms with Gasteiger partial charge in [0.1, 0.15) is 5.75 Å². The van der Waals surface area contributed by atoms with Crippen LogP contribution in [-0.2, 0) is 0 Å². The highest BCUT2D eigenvalue weighted by Crippen LogP contribution is 2.21. The van der Waals surface area contributed by atoms with E-state index in [1.54, 1.807) is 5.57 Å². The summed E-state index contributed by atoms with van der Waals surface area (Å²) in [6, 6.07) is 8.83. The maximum absolute atomic E-state index is 5.67. The molecule has 0 aliphatic heterocycles. The third-order valence-electron chi connectivity index (χ3n) is 3.78. The zero-order chi connectivity index (χ0) is 14.4. The van der Waals surface area contributed by atoms with Gasteiger partial charge in [0.15, 0.2) is 0 Å². The standard InChI is InChI=1S/C18H27NO/c1-14(2)20-18-10-8-17(9-11-18)15(3)19-13-12-16-6-4-5-7-16/h6,8-11,14-15,19H,4-5,7,12-13H2,1-3H3. The second-order valence-corrected chi connectivity index (χ2v) is 5.92. The van der Waals surface area contributed by atoms with Gasteiger partial charge in [-0.25, -0.2) is 0 Å². The Balaban J connectivity index is 1.77. The smallest absolute Gasteiger partial charge is 0.119 e. The fraction of sp³-hybridized carbons (Fsp3) is 0.556. The lowest BCUT2D eigenvalue weighted by atomic mass is 10.1. The van der Waals surface area contributed by atoms with Crippen molar-refractivity contribution in [2.75, 3.05) is 6.54 Å². The van der Waals surface area contributed by atoms with Crippen LogP contribution >= 0.6 is 0 Å². The van der Waals surface area contributed by atoms with Crippen LogP contribution in [0.4, 0.5) is 0 Å². The molecule has 1 atom stereocenters. The summed E-state index contributed by atoms with van der Waals surface area (Å²) >= 11 is 0. The van der Waals surface area contributed by atoms with Crippen molar-refractivity contribution in [2.45, 2.75) is 58.6 Å². The molecule has 0 amide bonds. The first-order chi connectivity index (χ1) is 9.65. The van der Waals surface area contributed by atoms with Crippen molar-refractivity contribution >= 4 is 0 Å². The van der Waals surface area contributed by atoms with E-state index in [1.807, 2.05) is 0 Å². The third kappa shape index (κ3) is 4.68. The molecule has 0 aromatic heterocycles. The highest BCUT2D eigenvalue weighted by molar-refractivity contribution is 5.29. The maximum Gasteiger partial charge on any atom is 0.119 e. The Bertz CT molecular complexity index is 433. The molecule has 0 bridgehead atoms. The van der Waals surface area contributed by atoms with Gasteiger partial charge in [0.05, 0.1) is 6.10 Å². The minimum atomic E-state index is 0.232. The molecule has 1 N–H and O–H groups in total. The molecule has 1 aromatic carbocycles. The van der Waals surface area contributed by atoms with Gasteiger partial charge >= 0.3 is 0 Å². The molecular weight excluding hydrogens is 246 g/mol. The Labute approximate surface area is 123 Å². The predicted molar refractivity (Wildman–Crippen MR) is 85.2 cm³/mol. The van der Waals surface area contributed by atoms with E-state index >= 15 is 0 Å². The molecule has 0 radical (unpaired) electrons. The van der Waals surface area contributed by atoms with Crippen molar-refractivity contribution in [3.05, 3.63) is 41.5 Å². The topological polar surface area (TPSA) is 21.3 Å². The van der Waals surface area contributed by atoms with E-state index in [1.165, 1.54) is 31.2 Å². The fourth-order valence-electron chi connectivity index (χ4n) is 2.64.